The lowest BCUT2D eigenvalue weighted by Crippen LogP contribution is -2.56. The minimum absolute atomic E-state index is 0.577. The molecule has 2 aliphatic rings. The van der Waals surface area contributed by atoms with Crippen LogP contribution in [0.25, 0.3) is 0 Å². The predicted octanol–water partition coefficient (Wildman–Crippen LogP) is 1.85. The molecule has 2 N–H and O–H groups in total. The summed E-state index contributed by atoms with van der Waals surface area (Å²) < 4.78 is 0. The standard InChI is InChI=1S/C14H26N2O2/c17-13(18)14(7-4-2-1-3-5-8-14)16-11-6-9-15-10-12-16/h15H,1-12H2,(H,17,18). The average Bonchev–Trinajstić information content (AvgIpc) is 2.57. The molecule has 4 heteroatoms. The maximum atomic E-state index is 11.9. The van der Waals surface area contributed by atoms with Crippen molar-refractivity contribution in [2.24, 2.45) is 0 Å². The van der Waals surface area contributed by atoms with E-state index in [4.69, 9.17) is 0 Å². The van der Waals surface area contributed by atoms with E-state index in [2.05, 4.69) is 10.2 Å². The molecule has 18 heavy (non-hydrogen) atoms. The lowest BCUT2D eigenvalue weighted by molar-refractivity contribution is -0.153. The molecule has 2 rings (SSSR count). The summed E-state index contributed by atoms with van der Waals surface area (Å²) >= 11 is 0. The molecule has 104 valence electrons. The van der Waals surface area contributed by atoms with Crippen LogP contribution in [-0.2, 0) is 4.79 Å². The molecule has 0 aromatic carbocycles. The van der Waals surface area contributed by atoms with E-state index in [1.54, 1.807) is 0 Å². The van der Waals surface area contributed by atoms with Crippen molar-refractivity contribution in [3.05, 3.63) is 0 Å². The maximum absolute atomic E-state index is 11.9. The van der Waals surface area contributed by atoms with Crippen LogP contribution < -0.4 is 5.32 Å². The topological polar surface area (TPSA) is 52.6 Å². The average molecular weight is 254 g/mol. The zero-order chi connectivity index (χ0) is 12.8. The van der Waals surface area contributed by atoms with E-state index in [0.717, 1.165) is 58.3 Å². The van der Waals surface area contributed by atoms with Crippen molar-refractivity contribution in [2.45, 2.75) is 56.9 Å². The van der Waals surface area contributed by atoms with E-state index in [-0.39, 0.29) is 0 Å². The third-order valence-electron chi connectivity index (χ3n) is 4.52. The lowest BCUT2D eigenvalue weighted by atomic mass is 9.82. The van der Waals surface area contributed by atoms with Crippen molar-refractivity contribution >= 4 is 5.97 Å². The van der Waals surface area contributed by atoms with E-state index in [1.165, 1.54) is 19.3 Å². The second kappa shape index (κ2) is 6.53. The Morgan fingerprint density at radius 1 is 0.944 bits per heavy atom. The van der Waals surface area contributed by atoms with Gasteiger partial charge in [-0.25, -0.2) is 0 Å². The summed E-state index contributed by atoms with van der Waals surface area (Å²) in [4.78, 5) is 14.1. The van der Waals surface area contributed by atoms with Crippen LogP contribution in [0, 0.1) is 0 Å². The Morgan fingerprint density at radius 3 is 2.28 bits per heavy atom. The molecule has 1 aliphatic carbocycles. The van der Waals surface area contributed by atoms with Crippen molar-refractivity contribution in [1.29, 1.82) is 0 Å². The molecule has 1 saturated carbocycles. The molecule has 1 aliphatic heterocycles. The van der Waals surface area contributed by atoms with Gasteiger partial charge in [0.2, 0.25) is 0 Å². The molecular formula is C14H26N2O2. The Kier molecular flexibility index (Phi) is 5.01. The highest BCUT2D eigenvalue weighted by Gasteiger charge is 2.43. The Morgan fingerprint density at radius 2 is 1.61 bits per heavy atom. The van der Waals surface area contributed by atoms with E-state index >= 15 is 0 Å². The molecule has 0 aromatic rings. The van der Waals surface area contributed by atoms with Crippen LogP contribution in [0.2, 0.25) is 0 Å². The number of carboxylic acids is 1. The first-order chi connectivity index (χ1) is 8.76. The minimum atomic E-state index is -0.591. The van der Waals surface area contributed by atoms with Gasteiger partial charge in [-0.1, -0.05) is 32.1 Å². The molecular weight excluding hydrogens is 228 g/mol. The molecule has 0 spiro atoms. The summed E-state index contributed by atoms with van der Waals surface area (Å²) in [6.07, 6.45) is 8.53. The number of hydrogen-bond donors (Lipinski definition) is 2. The van der Waals surface area contributed by atoms with E-state index in [9.17, 15) is 9.90 Å². The first-order valence-corrected chi connectivity index (χ1v) is 7.45. The summed E-state index contributed by atoms with van der Waals surface area (Å²) in [5.74, 6) is -0.591. The van der Waals surface area contributed by atoms with Crippen LogP contribution in [0.4, 0.5) is 0 Å². The first-order valence-electron chi connectivity index (χ1n) is 7.45. The zero-order valence-electron chi connectivity index (χ0n) is 11.3. The predicted molar refractivity (Wildman–Crippen MR) is 71.7 cm³/mol. The number of carbonyl (C=O) groups is 1. The van der Waals surface area contributed by atoms with Crippen LogP contribution in [0.1, 0.15) is 51.4 Å². The summed E-state index contributed by atoms with van der Waals surface area (Å²) in [5, 5.41) is 13.2. The van der Waals surface area contributed by atoms with Gasteiger partial charge in [0.1, 0.15) is 5.54 Å². The van der Waals surface area contributed by atoms with Gasteiger partial charge in [-0.3, -0.25) is 9.69 Å². The normalized spacial score (nSPS) is 26.9. The molecule has 1 heterocycles. The van der Waals surface area contributed by atoms with Crippen LogP contribution >= 0.6 is 0 Å². The number of carboxylic acid groups (broad SMARTS) is 1. The van der Waals surface area contributed by atoms with E-state index in [0.29, 0.717) is 0 Å². The SMILES string of the molecule is O=C(O)C1(N2CCCNCC2)CCCCCCC1. The molecule has 2 fully saturated rings. The quantitative estimate of drug-likeness (QED) is 0.789. The largest absolute Gasteiger partial charge is 0.480 e. The smallest absolute Gasteiger partial charge is 0.324 e. The van der Waals surface area contributed by atoms with Gasteiger partial charge in [0.05, 0.1) is 0 Å². The van der Waals surface area contributed by atoms with Crippen molar-refractivity contribution in [3.8, 4) is 0 Å². The Labute approximate surface area is 110 Å². The van der Waals surface area contributed by atoms with Crippen LogP contribution in [0.3, 0.4) is 0 Å². The highest BCUT2D eigenvalue weighted by atomic mass is 16.4. The van der Waals surface area contributed by atoms with Crippen LogP contribution in [-0.4, -0.2) is 47.7 Å². The Hall–Kier alpha value is -0.610. The minimum Gasteiger partial charge on any atom is -0.480 e. The molecule has 1 saturated heterocycles. The highest BCUT2D eigenvalue weighted by Crippen LogP contribution is 2.32. The van der Waals surface area contributed by atoms with Gasteiger partial charge in [-0.05, 0) is 25.8 Å². The van der Waals surface area contributed by atoms with E-state index in [1.807, 2.05) is 0 Å². The summed E-state index contributed by atoms with van der Waals surface area (Å²) in [7, 11) is 0. The van der Waals surface area contributed by atoms with Gasteiger partial charge < -0.3 is 10.4 Å². The fourth-order valence-electron chi connectivity index (χ4n) is 3.43. The van der Waals surface area contributed by atoms with Crippen molar-refractivity contribution < 1.29 is 9.90 Å². The first kappa shape index (κ1) is 13.8. The maximum Gasteiger partial charge on any atom is 0.324 e. The van der Waals surface area contributed by atoms with Crippen molar-refractivity contribution in [3.63, 3.8) is 0 Å². The third-order valence-corrected chi connectivity index (χ3v) is 4.52. The van der Waals surface area contributed by atoms with Gasteiger partial charge >= 0.3 is 5.97 Å². The molecule has 0 amide bonds. The second-order valence-electron chi connectivity index (χ2n) is 5.70. The number of aliphatic carboxylic acids is 1. The van der Waals surface area contributed by atoms with Crippen LogP contribution in [0.15, 0.2) is 0 Å². The molecule has 4 nitrogen and oxygen atoms in total. The van der Waals surface area contributed by atoms with Crippen molar-refractivity contribution in [2.75, 3.05) is 26.2 Å². The third kappa shape index (κ3) is 3.04. The number of nitrogens with zero attached hydrogens (tertiary/aromatic N) is 1. The number of nitrogens with one attached hydrogen (secondary N) is 1. The Bertz CT molecular complexity index is 265. The molecule has 0 unspecified atom stereocenters. The monoisotopic (exact) mass is 254 g/mol. The summed E-state index contributed by atoms with van der Waals surface area (Å²) in [5.41, 5.74) is -0.577. The Balaban J connectivity index is 2.14. The molecule has 0 aromatic heterocycles. The molecule has 0 bridgehead atoms. The van der Waals surface area contributed by atoms with Gasteiger partial charge in [0.15, 0.2) is 0 Å². The highest BCUT2D eigenvalue weighted by molar-refractivity contribution is 5.78. The van der Waals surface area contributed by atoms with E-state index < -0.39 is 11.5 Å². The zero-order valence-corrected chi connectivity index (χ0v) is 11.3. The van der Waals surface area contributed by atoms with Gasteiger partial charge in [0, 0.05) is 19.6 Å². The fraction of sp³-hybridized carbons (Fsp3) is 0.929. The lowest BCUT2D eigenvalue weighted by Gasteiger charge is -2.41. The number of rotatable bonds is 2. The van der Waals surface area contributed by atoms with Crippen LogP contribution in [0.5, 0.6) is 0 Å². The van der Waals surface area contributed by atoms with Gasteiger partial charge in [-0.15, -0.1) is 0 Å². The number of hydrogen-bond acceptors (Lipinski definition) is 3. The molecule has 0 radical (unpaired) electrons. The fourth-order valence-corrected chi connectivity index (χ4v) is 3.43. The molecule has 0 atom stereocenters. The second-order valence-corrected chi connectivity index (χ2v) is 5.70. The van der Waals surface area contributed by atoms with Gasteiger partial charge in [0.25, 0.3) is 0 Å². The summed E-state index contributed by atoms with van der Waals surface area (Å²) in [6.45, 7) is 3.76. The van der Waals surface area contributed by atoms with Crippen molar-refractivity contribution in [1.82, 2.24) is 10.2 Å². The van der Waals surface area contributed by atoms with Gasteiger partial charge in [-0.2, -0.15) is 0 Å². The summed E-state index contributed by atoms with van der Waals surface area (Å²) in [6, 6.07) is 0.